The van der Waals surface area contributed by atoms with Crippen LogP contribution >= 0.6 is 11.8 Å². The zero-order valence-corrected chi connectivity index (χ0v) is 24.5. The van der Waals surface area contributed by atoms with E-state index in [-0.39, 0.29) is 11.8 Å². The maximum Gasteiger partial charge on any atom is 0.408 e. The lowest BCUT2D eigenvalue weighted by atomic mass is 9.98. The van der Waals surface area contributed by atoms with Crippen LogP contribution in [0.5, 0.6) is 0 Å². The molecule has 0 saturated heterocycles. The zero-order valence-electron chi connectivity index (χ0n) is 23.7. The summed E-state index contributed by atoms with van der Waals surface area (Å²) in [6.07, 6.45) is 4.43. The van der Waals surface area contributed by atoms with Crippen molar-refractivity contribution in [3.63, 3.8) is 0 Å². The first-order valence-corrected chi connectivity index (χ1v) is 14.3. The largest absolute Gasteiger partial charge is 0.444 e. The molecule has 1 rings (SSSR count). The number of hydrogen-bond donors (Lipinski definition) is 2. The van der Waals surface area contributed by atoms with Crippen molar-refractivity contribution >= 4 is 29.7 Å². The number of aryl methyl sites for hydroxylation is 1. The Bertz CT molecular complexity index is 861. The van der Waals surface area contributed by atoms with Gasteiger partial charge in [-0.25, -0.2) is 4.79 Å². The predicted octanol–water partition coefficient (Wildman–Crippen LogP) is 5.62. The van der Waals surface area contributed by atoms with E-state index in [1.54, 1.807) is 37.4 Å². The van der Waals surface area contributed by atoms with Crippen molar-refractivity contribution in [2.24, 2.45) is 0 Å². The molecule has 2 unspecified atom stereocenters. The van der Waals surface area contributed by atoms with Gasteiger partial charge in [0, 0.05) is 12.1 Å². The average Bonchev–Trinajstić information content (AvgIpc) is 2.73. The van der Waals surface area contributed by atoms with Gasteiger partial charge in [0.1, 0.15) is 17.7 Å². The third-order valence-electron chi connectivity index (χ3n) is 5.30. The van der Waals surface area contributed by atoms with E-state index < -0.39 is 29.3 Å². The second-order valence-corrected chi connectivity index (χ2v) is 12.3. The minimum Gasteiger partial charge on any atom is -0.444 e. The fraction of sp³-hybridized carbons (Fsp3) is 0.679. The van der Waals surface area contributed by atoms with Crippen molar-refractivity contribution in [3.8, 4) is 0 Å². The number of ether oxygens (including phenoxy) is 1. The van der Waals surface area contributed by atoms with E-state index in [0.29, 0.717) is 18.7 Å². The summed E-state index contributed by atoms with van der Waals surface area (Å²) in [5.41, 5.74) is 0.606. The van der Waals surface area contributed by atoms with Crippen LogP contribution in [0, 0.1) is 6.92 Å². The van der Waals surface area contributed by atoms with Crippen LogP contribution in [0.4, 0.5) is 4.79 Å². The van der Waals surface area contributed by atoms with E-state index in [9.17, 15) is 14.4 Å². The van der Waals surface area contributed by atoms with Gasteiger partial charge in [-0.1, -0.05) is 49.6 Å². The molecule has 0 spiro atoms. The maximum atomic E-state index is 14.1. The van der Waals surface area contributed by atoms with Crippen molar-refractivity contribution in [2.45, 2.75) is 104 Å². The smallest absolute Gasteiger partial charge is 0.408 e. The van der Waals surface area contributed by atoms with Gasteiger partial charge < -0.3 is 20.3 Å². The molecule has 0 heterocycles. The van der Waals surface area contributed by atoms with Crippen LogP contribution in [0.3, 0.4) is 0 Å². The lowest BCUT2D eigenvalue weighted by Gasteiger charge is -2.36. The van der Waals surface area contributed by atoms with Crippen LogP contribution in [0.2, 0.25) is 0 Å². The first kappa shape index (κ1) is 31.8. The highest BCUT2D eigenvalue weighted by Crippen LogP contribution is 2.26. The Hall–Kier alpha value is -2.22. The van der Waals surface area contributed by atoms with E-state index >= 15 is 0 Å². The molecule has 0 aromatic heterocycles. The highest BCUT2D eigenvalue weighted by atomic mass is 32.2. The Morgan fingerprint density at radius 3 is 2.28 bits per heavy atom. The number of unbranched alkanes of at least 4 members (excludes halogenated alkanes) is 2. The molecule has 8 heteroatoms. The monoisotopic (exact) mass is 521 g/mol. The van der Waals surface area contributed by atoms with Crippen molar-refractivity contribution in [1.82, 2.24) is 15.5 Å². The molecule has 0 bridgehead atoms. The van der Waals surface area contributed by atoms with Crippen molar-refractivity contribution in [1.29, 1.82) is 0 Å². The van der Waals surface area contributed by atoms with Gasteiger partial charge in [0.05, 0.1) is 0 Å². The number of alkyl carbamates (subject to hydrolysis) is 1. The summed E-state index contributed by atoms with van der Waals surface area (Å²) >= 11 is 1.60. The molecule has 0 aliphatic rings. The Labute approximate surface area is 222 Å². The van der Waals surface area contributed by atoms with Gasteiger partial charge in [-0.15, -0.1) is 0 Å². The number of rotatable bonds is 12. The standard InChI is InChI=1S/C28H47N3O4S/c1-10-11-12-17-31(25(33)22(16-18-36-9)29-26(34)35-28(6,7)8)23(24(32)30-27(3,4)5)21-15-13-14-20(2)19-21/h13-15,19,22-23H,10-12,16-18H2,1-9H3,(H,29,34)(H,30,32). The summed E-state index contributed by atoms with van der Waals surface area (Å²) in [5.74, 6) is 0.165. The summed E-state index contributed by atoms with van der Waals surface area (Å²) in [6, 6.07) is 6.09. The molecule has 2 N–H and O–H groups in total. The number of nitrogens with one attached hydrogen (secondary N) is 2. The Kier molecular flexibility index (Phi) is 12.8. The van der Waals surface area contributed by atoms with E-state index in [1.807, 2.05) is 58.2 Å². The molecule has 0 aliphatic carbocycles. The number of benzene rings is 1. The summed E-state index contributed by atoms with van der Waals surface area (Å²) in [4.78, 5) is 42.0. The Morgan fingerprint density at radius 2 is 1.75 bits per heavy atom. The molecule has 204 valence electrons. The van der Waals surface area contributed by atoms with Crippen LogP contribution in [0.15, 0.2) is 24.3 Å². The quantitative estimate of drug-likeness (QED) is 0.349. The number of carbonyl (C=O) groups is 3. The second-order valence-electron chi connectivity index (χ2n) is 11.3. The van der Waals surface area contributed by atoms with Gasteiger partial charge in [-0.3, -0.25) is 9.59 Å². The lowest BCUT2D eigenvalue weighted by molar-refractivity contribution is -0.143. The van der Waals surface area contributed by atoms with Crippen LogP contribution in [0.1, 0.15) is 91.3 Å². The minimum atomic E-state index is -0.814. The van der Waals surface area contributed by atoms with Crippen LogP contribution in [-0.4, -0.2) is 58.5 Å². The summed E-state index contributed by atoms with van der Waals surface area (Å²) in [6.45, 7) is 15.6. The SMILES string of the molecule is CCCCCN(C(=O)C(CCSC)NC(=O)OC(C)(C)C)C(C(=O)NC(C)(C)C)c1cccc(C)c1. The third kappa shape index (κ3) is 11.7. The molecular weight excluding hydrogens is 474 g/mol. The zero-order chi connectivity index (χ0) is 27.5. The number of amides is 3. The van der Waals surface area contributed by atoms with Gasteiger partial charge in [0.15, 0.2) is 0 Å². The van der Waals surface area contributed by atoms with Crippen LogP contribution < -0.4 is 10.6 Å². The molecule has 0 saturated carbocycles. The van der Waals surface area contributed by atoms with Crippen molar-refractivity contribution in [2.75, 3.05) is 18.6 Å². The minimum absolute atomic E-state index is 0.237. The second kappa shape index (κ2) is 14.5. The number of carbonyl (C=O) groups excluding carboxylic acids is 3. The van der Waals surface area contributed by atoms with Gasteiger partial charge in [-0.2, -0.15) is 11.8 Å². The van der Waals surface area contributed by atoms with Gasteiger partial charge in [0.2, 0.25) is 11.8 Å². The van der Waals surface area contributed by atoms with E-state index in [2.05, 4.69) is 17.6 Å². The normalized spacial score (nSPS) is 13.5. The van der Waals surface area contributed by atoms with Crippen LogP contribution in [-0.2, 0) is 14.3 Å². The molecule has 7 nitrogen and oxygen atoms in total. The molecule has 2 atom stereocenters. The third-order valence-corrected chi connectivity index (χ3v) is 5.95. The summed E-state index contributed by atoms with van der Waals surface area (Å²) in [5, 5.41) is 5.85. The topological polar surface area (TPSA) is 87.7 Å². The van der Waals surface area contributed by atoms with Gasteiger partial charge in [0.25, 0.3) is 0 Å². The first-order valence-electron chi connectivity index (χ1n) is 12.9. The van der Waals surface area contributed by atoms with Gasteiger partial charge >= 0.3 is 6.09 Å². The molecule has 0 radical (unpaired) electrons. The fourth-order valence-corrected chi connectivity index (χ4v) is 4.26. The van der Waals surface area contributed by atoms with E-state index in [0.717, 1.165) is 30.4 Å². The summed E-state index contributed by atoms with van der Waals surface area (Å²) < 4.78 is 5.44. The van der Waals surface area contributed by atoms with E-state index in [4.69, 9.17) is 4.74 Å². The molecule has 0 fully saturated rings. The van der Waals surface area contributed by atoms with Gasteiger partial charge in [-0.05, 0) is 78.9 Å². The Morgan fingerprint density at radius 1 is 1.08 bits per heavy atom. The number of hydrogen-bond acceptors (Lipinski definition) is 5. The average molecular weight is 522 g/mol. The van der Waals surface area contributed by atoms with Crippen molar-refractivity contribution < 1.29 is 19.1 Å². The Balaban J connectivity index is 3.48. The maximum absolute atomic E-state index is 14.1. The fourth-order valence-electron chi connectivity index (χ4n) is 3.79. The predicted molar refractivity (Wildman–Crippen MR) is 149 cm³/mol. The summed E-state index contributed by atoms with van der Waals surface area (Å²) in [7, 11) is 0. The highest BCUT2D eigenvalue weighted by Gasteiger charge is 2.37. The molecule has 1 aromatic carbocycles. The first-order chi connectivity index (χ1) is 16.7. The molecule has 36 heavy (non-hydrogen) atoms. The number of thioether (sulfide) groups is 1. The lowest BCUT2D eigenvalue weighted by Crippen LogP contribution is -2.55. The molecule has 3 amide bonds. The highest BCUT2D eigenvalue weighted by molar-refractivity contribution is 7.98. The molecular formula is C28H47N3O4S. The van der Waals surface area contributed by atoms with E-state index in [1.165, 1.54) is 0 Å². The van der Waals surface area contributed by atoms with Crippen molar-refractivity contribution in [3.05, 3.63) is 35.4 Å². The van der Waals surface area contributed by atoms with Crippen LogP contribution in [0.25, 0.3) is 0 Å². The molecule has 0 aliphatic heterocycles. The number of nitrogens with zero attached hydrogens (tertiary/aromatic N) is 1. The molecule has 1 aromatic rings.